The van der Waals surface area contributed by atoms with Crippen LogP contribution in [0.15, 0.2) is 36.7 Å². The monoisotopic (exact) mass is 432 g/mol. The number of halogens is 2. The van der Waals surface area contributed by atoms with Crippen molar-refractivity contribution in [3.8, 4) is 5.69 Å². The molecular weight excluding hydrogens is 411 g/mol. The first-order valence-electron chi connectivity index (χ1n) is 9.78. The number of piperidine rings is 1. The number of rotatable bonds is 5. The van der Waals surface area contributed by atoms with Gasteiger partial charge in [0.1, 0.15) is 17.0 Å². The Hall–Kier alpha value is -2.85. The van der Waals surface area contributed by atoms with E-state index in [4.69, 9.17) is 0 Å². The van der Waals surface area contributed by atoms with E-state index in [1.165, 1.54) is 10.7 Å². The summed E-state index contributed by atoms with van der Waals surface area (Å²) in [6.07, 6.45) is 6.71. The number of tetrazole rings is 1. The Labute approximate surface area is 178 Å². The minimum Gasteiger partial charge on any atom is -0.324 e. The Morgan fingerprint density at radius 3 is 2.77 bits per heavy atom. The molecule has 1 saturated carbocycles. The molecule has 3 aromatic rings. The number of carbonyl (C=O) groups excluding carboxylic acids is 1. The summed E-state index contributed by atoms with van der Waals surface area (Å²) >= 11 is 0. The summed E-state index contributed by atoms with van der Waals surface area (Å²) < 4.78 is 17.7. The normalized spacial score (nSPS) is 17.9. The molecule has 0 bridgehead atoms. The fraction of sp³-hybridized carbons (Fsp3) is 0.421. The molecule has 0 unspecified atom stereocenters. The standard InChI is InChI=1S/C19H21FN8O.ClH/c20-15-5-4-14(12-16(15)28-17(13-2-3-13)24-25-26-28)23-18(29)19(6-9-21-10-7-19)27-11-1-8-22-27;/h1,4-5,8,11-13,21H,2-3,6-7,9-10H2,(H,23,29);1H. The Kier molecular flexibility index (Phi) is 5.52. The summed E-state index contributed by atoms with van der Waals surface area (Å²) in [7, 11) is 0. The van der Waals surface area contributed by atoms with E-state index in [2.05, 4.69) is 31.3 Å². The minimum absolute atomic E-state index is 0. The van der Waals surface area contributed by atoms with Gasteiger partial charge < -0.3 is 10.6 Å². The van der Waals surface area contributed by atoms with Gasteiger partial charge in [-0.1, -0.05) is 0 Å². The molecule has 0 spiro atoms. The summed E-state index contributed by atoms with van der Waals surface area (Å²) in [5.41, 5.74) is -0.0565. The number of hydrogen-bond donors (Lipinski definition) is 2. The van der Waals surface area contributed by atoms with E-state index >= 15 is 0 Å². The molecule has 0 atom stereocenters. The van der Waals surface area contributed by atoms with Crippen LogP contribution < -0.4 is 10.6 Å². The van der Waals surface area contributed by atoms with Crippen molar-refractivity contribution in [1.29, 1.82) is 0 Å². The van der Waals surface area contributed by atoms with Gasteiger partial charge in [0.2, 0.25) is 0 Å². The molecule has 1 aliphatic heterocycles. The number of carbonyl (C=O) groups is 1. The largest absolute Gasteiger partial charge is 0.324 e. The lowest BCUT2D eigenvalue weighted by Crippen LogP contribution is -2.52. The molecule has 1 aromatic carbocycles. The zero-order chi connectivity index (χ0) is 19.8. The van der Waals surface area contributed by atoms with Crippen molar-refractivity contribution in [2.45, 2.75) is 37.1 Å². The van der Waals surface area contributed by atoms with E-state index in [-0.39, 0.29) is 29.9 Å². The van der Waals surface area contributed by atoms with E-state index in [0.29, 0.717) is 24.4 Å². The maximum Gasteiger partial charge on any atom is 0.252 e. The lowest BCUT2D eigenvalue weighted by molar-refractivity contribution is -0.126. The molecule has 2 aromatic heterocycles. The van der Waals surface area contributed by atoms with Crippen LogP contribution in [-0.2, 0) is 10.3 Å². The van der Waals surface area contributed by atoms with Crippen LogP contribution in [0.5, 0.6) is 0 Å². The number of nitrogens with one attached hydrogen (secondary N) is 2. The molecule has 2 fully saturated rings. The van der Waals surface area contributed by atoms with Gasteiger partial charge in [-0.15, -0.1) is 17.5 Å². The van der Waals surface area contributed by atoms with E-state index < -0.39 is 11.4 Å². The molecule has 30 heavy (non-hydrogen) atoms. The first kappa shape index (κ1) is 20.4. The number of amides is 1. The quantitative estimate of drug-likeness (QED) is 0.639. The first-order chi connectivity index (χ1) is 14.2. The fourth-order valence-corrected chi connectivity index (χ4v) is 3.88. The third kappa shape index (κ3) is 3.56. The minimum atomic E-state index is -0.780. The lowest BCUT2D eigenvalue weighted by atomic mass is 9.87. The Bertz CT molecular complexity index is 1030. The number of benzene rings is 1. The number of hydrogen-bond acceptors (Lipinski definition) is 6. The molecular formula is C19H22ClFN8O. The van der Waals surface area contributed by atoms with Crippen LogP contribution in [0.2, 0.25) is 0 Å². The molecule has 1 amide bonds. The highest BCUT2D eigenvalue weighted by Crippen LogP contribution is 2.39. The number of aromatic nitrogens is 6. The second kappa shape index (κ2) is 8.11. The van der Waals surface area contributed by atoms with Crippen LogP contribution in [0.3, 0.4) is 0 Å². The summed E-state index contributed by atoms with van der Waals surface area (Å²) in [5.74, 6) is 0.305. The van der Waals surface area contributed by atoms with Crippen molar-refractivity contribution < 1.29 is 9.18 Å². The molecule has 2 N–H and O–H groups in total. The van der Waals surface area contributed by atoms with Gasteiger partial charge in [0.05, 0.1) is 0 Å². The van der Waals surface area contributed by atoms with Crippen LogP contribution in [-0.4, -0.2) is 49.0 Å². The Morgan fingerprint density at radius 1 is 1.27 bits per heavy atom. The second-order valence-corrected chi connectivity index (χ2v) is 7.58. The van der Waals surface area contributed by atoms with Gasteiger partial charge in [-0.2, -0.15) is 9.78 Å². The highest BCUT2D eigenvalue weighted by Gasteiger charge is 2.42. The van der Waals surface area contributed by atoms with Crippen molar-refractivity contribution in [3.05, 3.63) is 48.3 Å². The van der Waals surface area contributed by atoms with Crippen LogP contribution in [0, 0.1) is 5.82 Å². The smallest absolute Gasteiger partial charge is 0.252 e. The third-order valence-corrected chi connectivity index (χ3v) is 5.66. The molecule has 0 radical (unpaired) electrons. The van der Waals surface area contributed by atoms with Crippen LogP contribution in [0.1, 0.15) is 37.4 Å². The van der Waals surface area contributed by atoms with Crippen molar-refractivity contribution in [2.24, 2.45) is 0 Å². The maximum absolute atomic E-state index is 14.5. The SMILES string of the molecule is Cl.O=C(Nc1ccc(F)c(-n2nnnc2C2CC2)c1)C1(n2cccn2)CCNCC1. The molecule has 5 rings (SSSR count). The molecule has 158 valence electrons. The van der Waals surface area contributed by atoms with Crippen LogP contribution in [0.4, 0.5) is 10.1 Å². The van der Waals surface area contributed by atoms with Crippen molar-refractivity contribution in [1.82, 2.24) is 35.3 Å². The van der Waals surface area contributed by atoms with Gasteiger partial charge in [0.15, 0.2) is 5.82 Å². The van der Waals surface area contributed by atoms with Gasteiger partial charge in [0, 0.05) is 24.0 Å². The summed E-state index contributed by atoms with van der Waals surface area (Å²) in [4.78, 5) is 13.3. The second-order valence-electron chi connectivity index (χ2n) is 7.58. The van der Waals surface area contributed by atoms with E-state index in [1.54, 1.807) is 23.0 Å². The summed E-state index contributed by atoms with van der Waals surface area (Å²) in [5, 5.41) is 22.3. The van der Waals surface area contributed by atoms with Gasteiger partial charge >= 0.3 is 0 Å². The van der Waals surface area contributed by atoms with Crippen LogP contribution >= 0.6 is 12.4 Å². The van der Waals surface area contributed by atoms with Crippen molar-refractivity contribution >= 4 is 24.0 Å². The Morgan fingerprint density at radius 2 is 2.07 bits per heavy atom. The molecule has 11 heteroatoms. The third-order valence-electron chi connectivity index (χ3n) is 5.66. The van der Waals surface area contributed by atoms with E-state index in [9.17, 15) is 9.18 Å². The Balaban J connectivity index is 0.00000218. The van der Waals surface area contributed by atoms with Crippen LogP contribution in [0.25, 0.3) is 5.69 Å². The topological polar surface area (TPSA) is 103 Å². The zero-order valence-corrected chi connectivity index (χ0v) is 17.0. The summed E-state index contributed by atoms with van der Waals surface area (Å²) in [6, 6.07) is 6.26. The molecule has 3 heterocycles. The lowest BCUT2D eigenvalue weighted by Gasteiger charge is -2.36. The van der Waals surface area contributed by atoms with Crippen molar-refractivity contribution in [3.63, 3.8) is 0 Å². The molecule has 1 saturated heterocycles. The molecule has 9 nitrogen and oxygen atoms in total. The number of anilines is 1. The highest BCUT2D eigenvalue weighted by atomic mass is 35.5. The molecule has 2 aliphatic rings. The van der Waals surface area contributed by atoms with Crippen molar-refractivity contribution in [2.75, 3.05) is 18.4 Å². The molecule has 1 aliphatic carbocycles. The average Bonchev–Trinajstić information content (AvgIpc) is 3.23. The van der Waals surface area contributed by atoms with E-state index in [1.807, 2.05) is 12.3 Å². The summed E-state index contributed by atoms with van der Waals surface area (Å²) in [6.45, 7) is 1.44. The highest BCUT2D eigenvalue weighted by molar-refractivity contribution is 5.97. The van der Waals surface area contributed by atoms with E-state index in [0.717, 1.165) is 25.9 Å². The van der Waals surface area contributed by atoms with Gasteiger partial charge in [0.25, 0.3) is 5.91 Å². The zero-order valence-electron chi connectivity index (χ0n) is 16.2. The maximum atomic E-state index is 14.5. The van der Waals surface area contributed by atoms with Gasteiger partial charge in [-0.25, -0.2) is 4.39 Å². The first-order valence-corrected chi connectivity index (χ1v) is 9.78. The number of nitrogens with zero attached hydrogens (tertiary/aromatic N) is 6. The van der Waals surface area contributed by atoms with Gasteiger partial charge in [-0.05, 0) is 73.5 Å². The fourth-order valence-electron chi connectivity index (χ4n) is 3.88. The van der Waals surface area contributed by atoms with Gasteiger partial charge in [-0.3, -0.25) is 9.48 Å². The predicted molar refractivity (Wildman–Crippen MR) is 109 cm³/mol. The average molecular weight is 433 g/mol. The predicted octanol–water partition coefficient (Wildman–Crippen LogP) is 2.01.